The fourth-order valence-corrected chi connectivity index (χ4v) is 3.37. The molecule has 0 aliphatic rings. The van der Waals surface area contributed by atoms with Gasteiger partial charge < -0.3 is 0 Å². The molecule has 0 saturated heterocycles. The summed E-state index contributed by atoms with van der Waals surface area (Å²) < 4.78 is 27.2. The average Bonchev–Trinajstić information content (AvgIpc) is 2.58. The summed E-state index contributed by atoms with van der Waals surface area (Å²) in [4.78, 5) is 4.28. The second-order valence-electron chi connectivity index (χ2n) is 5.64. The van der Waals surface area contributed by atoms with Crippen LogP contribution in [0, 0.1) is 0 Å². The van der Waals surface area contributed by atoms with E-state index < -0.39 is 10.0 Å². The molecule has 4 nitrogen and oxygen atoms in total. The van der Waals surface area contributed by atoms with Crippen LogP contribution in [0.1, 0.15) is 43.7 Å². The second kappa shape index (κ2) is 8.79. The van der Waals surface area contributed by atoms with Crippen molar-refractivity contribution in [3.05, 3.63) is 59.9 Å². The zero-order valence-electron chi connectivity index (χ0n) is 13.5. The number of nitrogens with zero attached hydrogens (tertiary/aromatic N) is 1. The standard InChI is InChI=1S/C18H24N2O2S/c1-2-3-4-5-7-16-9-11-18(12-10-16)23(21,22)20-15-17-8-6-13-19-14-17/h6,8-14,20H,2-5,7,15H2,1H3. The molecule has 0 saturated carbocycles. The van der Waals surface area contributed by atoms with E-state index in [4.69, 9.17) is 0 Å². The van der Waals surface area contributed by atoms with Crippen molar-refractivity contribution in [1.29, 1.82) is 0 Å². The molecule has 124 valence electrons. The van der Waals surface area contributed by atoms with E-state index in [0.717, 1.165) is 18.4 Å². The topological polar surface area (TPSA) is 59.1 Å². The van der Waals surface area contributed by atoms with E-state index in [-0.39, 0.29) is 6.54 Å². The Kier molecular flexibility index (Phi) is 6.74. The van der Waals surface area contributed by atoms with Gasteiger partial charge in [-0.2, -0.15) is 0 Å². The fourth-order valence-electron chi connectivity index (χ4n) is 2.36. The number of rotatable bonds is 9. The van der Waals surface area contributed by atoms with Gasteiger partial charge in [-0.15, -0.1) is 0 Å². The number of hydrogen-bond acceptors (Lipinski definition) is 3. The monoisotopic (exact) mass is 332 g/mol. The van der Waals surface area contributed by atoms with Gasteiger partial charge in [0.25, 0.3) is 0 Å². The van der Waals surface area contributed by atoms with Gasteiger partial charge in [0.15, 0.2) is 0 Å². The summed E-state index contributed by atoms with van der Waals surface area (Å²) in [6, 6.07) is 10.8. The van der Waals surface area contributed by atoms with Crippen molar-refractivity contribution in [1.82, 2.24) is 9.71 Å². The van der Waals surface area contributed by atoms with Gasteiger partial charge in [0.05, 0.1) is 4.90 Å². The van der Waals surface area contributed by atoms with Crippen molar-refractivity contribution in [3.8, 4) is 0 Å². The smallest absolute Gasteiger partial charge is 0.240 e. The summed E-state index contributed by atoms with van der Waals surface area (Å²) in [5, 5.41) is 0. The molecule has 0 fully saturated rings. The molecule has 1 aromatic carbocycles. The van der Waals surface area contributed by atoms with Crippen molar-refractivity contribution >= 4 is 10.0 Å². The molecule has 2 aromatic rings. The minimum atomic E-state index is -3.48. The third-order valence-corrected chi connectivity index (χ3v) is 5.16. The Morgan fingerprint density at radius 1 is 1.00 bits per heavy atom. The molecule has 5 heteroatoms. The molecule has 0 bridgehead atoms. The van der Waals surface area contributed by atoms with E-state index in [2.05, 4.69) is 16.6 Å². The molecule has 0 atom stereocenters. The summed E-state index contributed by atoms with van der Waals surface area (Å²) in [5.41, 5.74) is 2.02. The van der Waals surface area contributed by atoms with Crippen LogP contribution in [0.5, 0.6) is 0 Å². The number of sulfonamides is 1. The van der Waals surface area contributed by atoms with E-state index in [9.17, 15) is 8.42 Å². The average molecular weight is 332 g/mol. The van der Waals surface area contributed by atoms with E-state index in [1.807, 2.05) is 18.2 Å². The van der Waals surface area contributed by atoms with E-state index in [1.165, 1.54) is 24.8 Å². The minimum absolute atomic E-state index is 0.245. The lowest BCUT2D eigenvalue weighted by Gasteiger charge is -2.08. The summed E-state index contributed by atoms with van der Waals surface area (Å²) in [5.74, 6) is 0. The van der Waals surface area contributed by atoms with Crippen LogP contribution in [-0.2, 0) is 23.0 Å². The maximum absolute atomic E-state index is 12.3. The number of nitrogens with one attached hydrogen (secondary N) is 1. The van der Waals surface area contributed by atoms with Crippen LogP contribution < -0.4 is 4.72 Å². The number of aryl methyl sites for hydroxylation is 1. The Bertz CT molecular complexity index is 683. The quantitative estimate of drug-likeness (QED) is 0.713. The van der Waals surface area contributed by atoms with Crippen LogP contribution >= 0.6 is 0 Å². The Labute approximate surface area is 139 Å². The number of hydrogen-bond donors (Lipinski definition) is 1. The first-order chi connectivity index (χ1) is 11.1. The molecule has 0 aliphatic carbocycles. The van der Waals surface area contributed by atoms with Crippen LogP contribution in [-0.4, -0.2) is 13.4 Å². The highest BCUT2D eigenvalue weighted by Crippen LogP contribution is 2.13. The molecule has 0 amide bonds. The van der Waals surface area contributed by atoms with Crippen LogP contribution in [0.15, 0.2) is 53.7 Å². The van der Waals surface area contributed by atoms with Crippen molar-refractivity contribution in [2.75, 3.05) is 0 Å². The number of unbranched alkanes of at least 4 members (excludes halogenated alkanes) is 3. The summed E-state index contributed by atoms with van der Waals surface area (Å²) in [6.45, 7) is 2.44. The molecule has 0 aliphatic heterocycles. The first kappa shape index (κ1) is 17.6. The summed E-state index contributed by atoms with van der Waals surface area (Å²) >= 11 is 0. The van der Waals surface area contributed by atoms with Gasteiger partial charge in [-0.05, 0) is 42.2 Å². The third-order valence-electron chi connectivity index (χ3n) is 3.74. The van der Waals surface area contributed by atoms with Gasteiger partial charge in [0.1, 0.15) is 0 Å². The predicted molar refractivity (Wildman–Crippen MR) is 92.6 cm³/mol. The van der Waals surface area contributed by atoms with E-state index >= 15 is 0 Å². The first-order valence-electron chi connectivity index (χ1n) is 8.09. The Morgan fingerprint density at radius 2 is 1.78 bits per heavy atom. The lowest BCUT2D eigenvalue weighted by molar-refractivity contribution is 0.581. The van der Waals surface area contributed by atoms with Gasteiger partial charge in [-0.3, -0.25) is 4.98 Å². The van der Waals surface area contributed by atoms with Gasteiger partial charge >= 0.3 is 0 Å². The summed E-state index contributed by atoms with van der Waals surface area (Å²) in [6.07, 6.45) is 9.18. The lowest BCUT2D eigenvalue weighted by atomic mass is 10.1. The van der Waals surface area contributed by atoms with Crippen molar-refractivity contribution in [2.45, 2.75) is 50.5 Å². The van der Waals surface area contributed by atoms with Gasteiger partial charge in [-0.25, -0.2) is 13.1 Å². The zero-order chi connectivity index (χ0) is 16.5. The van der Waals surface area contributed by atoms with Gasteiger partial charge in [0.2, 0.25) is 10.0 Å². The molecule has 0 spiro atoms. The fraction of sp³-hybridized carbons (Fsp3) is 0.389. The highest BCUT2D eigenvalue weighted by molar-refractivity contribution is 7.89. The molecule has 2 rings (SSSR count). The number of aromatic nitrogens is 1. The van der Waals surface area contributed by atoms with Crippen molar-refractivity contribution in [2.24, 2.45) is 0 Å². The maximum atomic E-state index is 12.3. The third kappa shape index (κ3) is 5.77. The minimum Gasteiger partial charge on any atom is -0.264 e. The molecule has 1 heterocycles. The van der Waals surface area contributed by atoms with Crippen molar-refractivity contribution < 1.29 is 8.42 Å². The van der Waals surface area contributed by atoms with Crippen LogP contribution in [0.3, 0.4) is 0 Å². The molecule has 0 radical (unpaired) electrons. The highest BCUT2D eigenvalue weighted by Gasteiger charge is 2.13. The lowest BCUT2D eigenvalue weighted by Crippen LogP contribution is -2.23. The molecular weight excluding hydrogens is 308 g/mol. The predicted octanol–water partition coefficient (Wildman–Crippen LogP) is 3.68. The highest BCUT2D eigenvalue weighted by atomic mass is 32.2. The number of pyridine rings is 1. The molecular formula is C18H24N2O2S. The van der Waals surface area contributed by atoms with Gasteiger partial charge in [-0.1, -0.05) is 44.4 Å². The molecule has 1 aromatic heterocycles. The number of benzene rings is 1. The Morgan fingerprint density at radius 3 is 2.43 bits per heavy atom. The first-order valence-corrected chi connectivity index (χ1v) is 9.57. The van der Waals surface area contributed by atoms with Crippen LogP contribution in [0.2, 0.25) is 0 Å². The Balaban J connectivity index is 1.92. The normalized spacial score (nSPS) is 11.5. The van der Waals surface area contributed by atoms with Crippen molar-refractivity contribution in [3.63, 3.8) is 0 Å². The van der Waals surface area contributed by atoms with E-state index in [0.29, 0.717) is 4.90 Å². The molecule has 23 heavy (non-hydrogen) atoms. The van der Waals surface area contributed by atoms with E-state index in [1.54, 1.807) is 30.6 Å². The molecule has 1 N–H and O–H groups in total. The Hall–Kier alpha value is -1.72. The largest absolute Gasteiger partial charge is 0.264 e. The SMILES string of the molecule is CCCCCCc1ccc(S(=O)(=O)NCc2cccnc2)cc1. The molecule has 0 unspecified atom stereocenters. The van der Waals surface area contributed by atoms with Crippen LogP contribution in [0.4, 0.5) is 0 Å². The zero-order valence-corrected chi connectivity index (χ0v) is 14.3. The summed E-state index contributed by atoms with van der Waals surface area (Å²) in [7, 11) is -3.48. The van der Waals surface area contributed by atoms with Crippen LogP contribution in [0.25, 0.3) is 0 Å². The second-order valence-corrected chi connectivity index (χ2v) is 7.41. The maximum Gasteiger partial charge on any atom is 0.240 e. The van der Waals surface area contributed by atoms with Gasteiger partial charge in [0, 0.05) is 18.9 Å².